The summed E-state index contributed by atoms with van der Waals surface area (Å²) in [7, 11) is 0. The predicted octanol–water partition coefficient (Wildman–Crippen LogP) is 5.60. The Morgan fingerprint density at radius 3 is 2.60 bits per heavy atom. The van der Waals surface area contributed by atoms with Crippen LogP contribution in [0.2, 0.25) is 5.02 Å². The van der Waals surface area contributed by atoms with Gasteiger partial charge in [-0.25, -0.2) is 4.39 Å². The molecule has 104 valence electrons. The van der Waals surface area contributed by atoms with Gasteiger partial charge < -0.3 is 5.32 Å². The van der Waals surface area contributed by atoms with Crippen molar-refractivity contribution >= 4 is 33.2 Å². The van der Waals surface area contributed by atoms with Crippen molar-refractivity contribution in [2.75, 3.05) is 5.32 Å². The fourth-order valence-corrected chi connectivity index (χ4v) is 3.29. The molecule has 0 saturated heterocycles. The van der Waals surface area contributed by atoms with E-state index in [1.807, 2.05) is 18.2 Å². The largest absolute Gasteiger partial charge is 0.382 e. The molecule has 0 atom stereocenters. The Morgan fingerprint density at radius 2 is 1.90 bits per heavy atom. The second-order valence-electron chi connectivity index (χ2n) is 5.16. The molecule has 1 aliphatic rings. The molecule has 0 heterocycles. The van der Waals surface area contributed by atoms with Gasteiger partial charge in [0, 0.05) is 16.8 Å². The van der Waals surface area contributed by atoms with Gasteiger partial charge in [0.2, 0.25) is 0 Å². The van der Waals surface area contributed by atoms with Crippen LogP contribution in [-0.2, 0) is 0 Å². The molecular weight excluding hydrogens is 341 g/mol. The Kier molecular flexibility index (Phi) is 3.99. The van der Waals surface area contributed by atoms with Crippen molar-refractivity contribution in [1.29, 1.82) is 0 Å². The SMILES string of the molecule is Fc1ccc(NC2CC(c3ccccc3Cl)C2)cc1Br. The quantitative estimate of drug-likeness (QED) is 0.756. The summed E-state index contributed by atoms with van der Waals surface area (Å²) in [6.45, 7) is 0. The molecule has 2 aromatic carbocycles. The number of benzene rings is 2. The van der Waals surface area contributed by atoms with Crippen molar-refractivity contribution in [3.63, 3.8) is 0 Å². The highest BCUT2D eigenvalue weighted by atomic mass is 79.9. The van der Waals surface area contributed by atoms with E-state index in [4.69, 9.17) is 11.6 Å². The van der Waals surface area contributed by atoms with Gasteiger partial charge in [0.1, 0.15) is 5.82 Å². The van der Waals surface area contributed by atoms with E-state index in [0.29, 0.717) is 16.4 Å². The lowest BCUT2D eigenvalue weighted by Crippen LogP contribution is -2.34. The maximum absolute atomic E-state index is 13.2. The Hall–Kier alpha value is -1.06. The maximum atomic E-state index is 13.2. The number of hydrogen-bond donors (Lipinski definition) is 1. The smallest absolute Gasteiger partial charge is 0.137 e. The molecule has 1 aliphatic carbocycles. The van der Waals surface area contributed by atoms with Gasteiger partial charge in [-0.05, 0) is 64.5 Å². The average molecular weight is 355 g/mol. The van der Waals surface area contributed by atoms with Crippen LogP contribution in [0, 0.1) is 5.82 Å². The van der Waals surface area contributed by atoms with Crippen LogP contribution in [-0.4, -0.2) is 6.04 Å². The van der Waals surface area contributed by atoms with Gasteiger partial charge in [-0.1, -0.05) is 29.8 Å². The van der Waals surface area contributed by atoms with Crippen molar-refractivity contribution in [1.82, 2.24) is 0 Å². The summed E-state index contributed by atoms with van der Waals surface area (Å²) in [5, 5.41) is 4.27. The fraction of sp³-hybridized carbons (Fsp3) is 0.250. The minimum atomic E-state index is -0.238. The Morgan fingerprint density at radius 1 is 1.15 bits per heavy atom. The summed E-state index contributed by atoms with van der Waals surface area (Å²) >= 11 is 9.41. The molecule has 20 heavy (non-hydrogen) atoms. The third-order valence-electron chi connectivity index (χ3n) is 3.77. The van der Waals surface area contributed by atoms with Gasteiger partial charge in [0.15, 0.2) is 0 Å². The van der Waals surface area contributed by atoms with Gasteiger partial charge in [0.05, 0.1) is 4.47 Å². The van der Waals surface area contributed by atoms with Crippen LogP contribution in [0.5, 0.6) is 0 Å². The van der Waals surface area contributed by atoms with Gasteiger partial charge in [-0.15, -0.1) is 0 Å². The van der Waals surface area contributed by atoms with E-state index >= 15 is 0 Å². The monoisotopic (exact) mass is 353 g/mol. The highest BCUT2D eigenvalue weighted by Gasteiger charge is 2.31. The van der Waals surface area contributed by atoms with E-state index in [1.165, 1.54) is 11.6 Å². The Labute approximate surface area is 131 Å². The molecule has 1 nitrogen and oxygen atoms in total. The minimum Gasteiger partial charge on any atom is -0.382 e. The van der Waals surface area contributed by atoms with E-state index in [0.717, 1.165) is 23.6 Å². The van der Waals surface area contributed by atoms with Crippen LogP contribution in [0.3, 0.4) is 0 Å². The molecular formula is C16H14BrClFN. The third-order valence-corrected chi connectivity index (χ3v) is 4.73. The summed E-state index contributed by atoms with van der Waals surface area (Å²) < 4.78 is 13.7. The molecule has 4 heteroatoms. The Balaban J connectivity index is 1.61. The van der Waals surface area contributed by atoms with Gasteiger partial charge in [-0.3, -0.25) is 0 Å². The second kappa shape index (κ2) is 5.74. The van der Waals surface area contributed by atoms with Gasteiger partial charge in [-0.2, -0.15) is 0 Å². The van der Waals surface area contributed by atoms with E-state index in [2.05, 4.69) is 27.3 Å². The van der Waals surface area contributed by atoms with E-state index in [9.17, 15) is 4.39 Å². The number of nitrogens with one attached hydrogen (secondary N) is 1. The van der Waals surface area contributed by atoms with Crippen LogP contribution >= 0.6 is 27.5 Å². The third kappa shape index (κ3) is 2.84. The second-order valence-corrected chi connectivity index (χ2v) is 6.42. The van der Waals surface area contributed by atoms with Gasteiger partial charge >= 0.3 is 0 Å². The highest BCUT2D eigenvalue weighted by Crippen LogP contribution is 2.41. The summed E-state index contributed by atoms with van der Waals surface area (Å²) in [6.07, 6.45) is 2.11. The highest BCUT2D eigenvalue weighted by molar-refractivity contribution is 9.10. The lowest BCUT2D eigenvalue weighted by atomic mass is 9.76. The first-order valence-corrected chi connectivity index (χ1v) is 7.76. The van der Waals surface area contributed by atoms with Crippen molar-refractivity contribution in [2.45, 2.75) is 24.8 Å². The fourth-order valence-electron chi connectivity index (χ4n) is 2.62. The van der Waals surface area contributed by atoms with Crippen molar-refractivity contribution < 1.29 is 4.39 Å². The molecule has 0 radical (unpaired) electrons. The Bertz CT molecular complexity index is 626. The summed E-state index contributed by atoms with van der Waals surface area (Å²) in [5.41, 5.74) is 2.17. The van der Waals surface area contributed by atoms with Crippen molar-refractivity contribution in [3.05, 3.63) is 63.3 Å². The van der Waals surface area contributed by atoms with Crippen LogP contribution in [0.25, 0.3) is 0 Å². The van der Waals surface area contributed by atoms with Crippen molar-refractivity contribution in [2.24, 2.45) is 0 Å². The molecule has 1 fully saturated rings. The molecule has 0 amide bonds. The number of anilines is 1. The zero-order valence-electron chi connectivity index (χ0n) is 10.7. The van der Waals surface area contributed by atoms with Crippen molar-refractivity contribution in [3.8, 4) is 0 Å². The molecule has 0 unspecified atom stereocenters. The summed E-state index contributed by atoms with van der Waals surface area (Å²) in [4.78, 5) is 0. The topological polar surface area (TPSA) is 12.0 Å². The van der Waals surface area contributed by atoms with Crippen LogP contribution in [0.1, 0.15) is 24.3 Å². The summed E-state index contributed by atoms with van der Waals surface area (Å²) in [6, 6.07) is 13.5. The van der Waals surface area contributed by atoms with E-state index in [-0.39, 0.29) is 5.82 Å². The molecule has 0 aliphatic heterocycles. The standard InChI is InChI=1S/C16H14BrClFN/c17-14-9-11(5-6-16(14)19)20-12-7-10(8-12)13-3-1-2-4-15(13)18/h1-6,9-10,12,20H,7-8H2. The summed E-state index contributed by atoms with van der Waals surface area (Å²) in [5.74, 6) is 0.281. The minimum absolute atomic E-state index is 0.238. The zero-order valence-corrected chi connectivity index (χ0v) is 13.1. The molecule has 0 spiro atoms. The van der Waals surface area contributed by atoms with E-state index < -0.39 is 0 Å². The van der Waals surface area contributed by atoms with Crippen LogP contribution < -0.4 is 5.32 Å². The zero-order chi connectivity index (χ0) is 14.1. The van der Waals surface area contributed by atoms with Crippen LogP contribution in [0.4, 0.5) is 10.1 Å². The first kappa shape index (κ1) is 13.9. The first-order valence-electron chi connectivity index (χ1n) is 6.59. The van der Waals surface area contributed by atoms with Crippen LogP contribution in [0.15, 0.2) is 46.9 Å². The first-order chi connectivity index (χ1) is 9.63. The molecule has 0 aromatic heterocycles. The number of hydrogen-bond acceptors (Lipinski definition) is 1. The maximum Gasteiger partial charge on any atom is 0.137 e. The lowest BCUT2D eigenvalue weighted by Gasteiger charge is -2.37. The normalized spacial score (nSPS) is 21.4. The lowest BCUT2D eigenvalue weighted by molar-refractivity contribution is 0.374. The number of rotatable bonds is 3. The molecule has 1 N–H and O–H groups in total. The molecule has 0 bridgehead atoms. The van der Waals surface area contributed by atoms with E-state index in [1.54, 1.807) is 12.1 Å². The molecule has 3 rings (SSSR count). The predicted molar refractivity (Wildman–Crippen MR) is 84.9 cm³/mol. The average Bonchev–Trinajstić information content (AvgIpc) is 2.39. The number of halogens is 3. The van der Waals surface area contributed by atoms with Gasteiger partial charge in [0.25, 0.3) is 0 Å². The molecule has 1 saturated carbocycles. The molecule has 2 aromatic rings.